The number of carboxylic acids is 1. The van der Waals surface area contributed by atoms with E-state index in [0.717, 1.165) is 0 Å². The number of hydrogen-bond donors (Lipinski definition) is 1. The minimum Gasteiger partial charge on any atom is -0.478 e. The molecule has 0 aliphatic rings. The third-order valence-corrected chi connectivity index (χ3v) is 1.31. The molecule has 0 aromatic rings. The van der Waals surface area contributed by atoms with Gasteiger partial charge in [0, 0.05) is 10.4 Å². The molecule has 0 aliphatic heterocycles. The van der Waals surface area contributed by atoms with Gasteiger partial charge in [-0.25, -0.2) is 4.79 Å². The van der Waals surface area contributed by atoms with Crippen LogP contribution in [0.3, 0.4) is 0 Å². The van der Waals surface area contributed by atoms with Crippen LogP contribution < -0.4 is 0 Å². The maximum atomic E-state index is 10.0. The first-order valence-corrected chi connectivity index (χ1v) is 3.03. The van der Waals surface area contributed by atoms with Crippen LogP contribution in [0.2, 0.25) is 0 Å². The predicted molar refractivity (Wildman–Crippen MR) is 35.2 cm³/mol. The van der Waals surface area contributed by atoms with E-state index in [1.807, 2.05) is 0 Å². The number of carboxylic acid groups (broad SMARTS) is 1. The van der Waals surface area contributed by atoms with Crippen molar-refractivity contribution in [3.05, 3.63) is 12.2 Å². The molecular weight excluding hydrogens is 172 g/mol. The summed E-state index contributed by atoms with van der Waals surface area (Å²) in [4.78, 5) is 9.87. The maximum absolute atomic E-state index is 10.0. The summed E-state index contributed by atoms with van der Waals surface area (Å²) in [7, 11) is 0. The Kier molecular flexibility index (Phi) is 2.76. The first-order chi connectivity index (χ1) is 3.55. The van der Waals surface area contributed by atoms with Gasteiger partial charge < -0.3 is 5.11 Å². The molecule has 1 N–H and O–H groups in total. The molecule has 0 saturated carbocycles. The Hall–Kier alpha value is -0.310. The van der Waals surface area contributed by atoms with Crippen molar-refractivity contribution in [1.29, 1.82) is 0 Å². The van der Waals surface area contributed by atoms with E-state index in [0.29, 0.717) is 0 Å². The first-order valence-electron chi connectivity index (χ1n) is 2.12. The van der Waals surface area contributed by atoms with Crippen molar-refractivity contribution in [3.63, 3.8) is 0 Å². The standard InChI is InChI=1S/C5H7BrO2/c1-3(4(2)6)5(7)8/h4H,1H2,2H3,(H,7,8). The SMILES string of the molecule is C=C(C(=O)O)C(C)Br. The van der Waals surface area contributed by atoms with E-state index in [-0.39, 0.29) is 10.4 Å². The minimum absolute atomic E-state index is 0.139. The Labute approximate surface area is 56.3 Å². The van der Waals surface area contributed by atoms with Crippen molar-refractivity contribution in [3.8, 4) is 0 Å². The quantitative estimate of drug-likeness (QED) is 0.513. The second kappa shape index (κ2) is 2.87. The molecule has 2 nitrogen and oxygen atoms in total. The predicted octanol–water partition coefficient (Wildman–Crippen LogP) is 1.41. The maximum Gasteiger partial charge on any atom is 0.332 e. The van der Waals surface area contributed by atoms with Crippen LogP contribution in [0.4, 0.5) is 0 Å². The van der Waals surface area contributed by atoms with Crippen molar-refractivity contribution >= 4 is 21.9 Å². The number of carbonyl (C=O) groups is 1. The zero-order valence-corrected chi connectivity index (χ0v) is 6.10. The van der Waals surface area contributed by atoms with E-state index in [4.69, 9.17) is 5.11 Å². The van der Waals surface area contributed by atoms with Gasteiger partial charge in [-0.05, 0) is 6.92 Å². The lowest BCUT2D eigenvalue weighted by atomic mass is 10.2. The number of rotatable bonds is 2. The van der Waals surface area contributed by atoms with Crippen LogP contribution >= 0.6 is 15.9 Å². The molecule has 46 valence electrons. The molecule has 0 rings (SSSR count). The van der Waals surface area contributed by atoms with Gasteiger partial charge in [-0.3, -0.25) is 0 Å². The molecule has 3 heteroatoms. The molecule has 0 fully saturated rings. The van der Waals surface area contributed by atoms with Gasteiger partial charge in [0.1, 0.15) is 0 Å². The fourth-order valence-electron chi connectivity index (χ4n) is 0.170. The highest BCUT2D eigenvalue weighted by molar-refractivity contribution is 9.09. The lowest BCUT2D eigenvalue weighted by Gasteiger charge is -1.98. The summed E-state index contributed by atoms with van der Waals surface area (Å²) < 4.78 is 0. The van der Waals surface area contributed by atoms with Gasteiger partial charge in [-0.15, -0.1) is 0 Å². The van der Waals surface area contributed by atoms with Gasteiger partial charge in [-0.2, -0.15) is 0 Å². The molecule has 8 heavy (non-hydrogen) atoms. The van der Waals surface area contributed by atoms with Gasteiger partial charge in [0.05, 0.1) is 0 Å². The molecule has 0 heterocycles. The summed E-state index contributed by atoms with van der Waals surface area (Å²) in [6, 6.07) is 0. The molecule has 0 radical (unpaired) electrons. The fourth-order valence-corrected chi connectivity index (χ4v) is 0.366. The zero-order valence-electron chi connectivity index (χ0n) is 4.52. The average Bonchev–Trinajstić information content (AvgIpc) is 1.64. The van der Waals surface area contributed by atoms with E-state index in [1.54, 1.807) is 6.92 Å². The Balaban J connectivity index is 3.84. The van der Waals surface area contributed by atoms with Gasteiger partial charge >= 0.3 is 5.97 Å². The van der Waals surface area contributed by atoms with E-state index >= 15 is 0 Å². The highest BCUT2D eigenvalue weighted by atomic mass is 79.9. The molecule has 0 aromatic carbocycles. The largest absolute Gasteiger partial charge is 0.478 e. The number of hydrogen-bond acceptors (Lipinski definition) is 1. The first kappa shape index (κ1) is 7.69. The van der Waals surface area contributed by atoms with Crippen molar-refractivity contribution in [2.75, 3.05) is 0 Å². The molecule has 0 aromatic heterocycles. The summed E-state index contributed by atoms with van der Waals surface area (Å²) in [6.45, 7) is 5.03. The van der Waals surface area contributed by atoms with E-state index in [1.165, 1.54) is 0 Å². The Morgan fingerprint density at radius 2 is 2.25 bits per heavy atom. The van der Waals surface area contributed by atoms with Crippen molar-refractivity contribution in [2.45, 2.75) is 11.8 Å². The third-order valence-electron chi connectivity index (χ3n) is 0.755. The average molecular weight is 179 g/mol. The second-order valence-corrected chi connectivity index (χ2v) is 2.82. The summed E-state index contributed by atoms with van der Waals surface area (Å²) in [5.41, 5.74) is 0.185. The summed E-state index contributed by atoms with van der Waals surface area (Å²) >= 11 is 3.06. The smallest absolute Gasteiger partial charge is 0.332 e. The van der Waals surface area contributed by atoms with E-state index in [2.05, 4.69) is 22.5 Å². The Morgan fingerprint density at radius 1 is 1.88 bits per heavy atom. The summed E-state index contributed by atoms with van der Waals surface area (Å²) in [5, 5.41) is 8.22. The van der Waals surface area contributed by atoms with Gasteiger partial charge in [0.2, 0.25) is 0 Å². The van der Waals surface area contributed by atoms with Gasteiger partial charge in [0.25, 0.3) is 0 Å². The van der Waals surface area contributed by atoms with Crippen LogP contribution in [0.5, 0.6) is 0 Å². The van der Waals surface area contributed by atoms with Crippen molar-refractivity contribution in [2.24, 2.45) is 0 Å². The van der Waals surface area contributed by atoms with Crippen LogP contribution in [0.15, 0.2) is 12.2 Å². The number of aliphatic carboxylic acids is 1. The minimum atomic E-state index is -0.950. The molecular formula is C5H7BrO2. The molecule has 1 atom stereocenters. The van der Waals surface area contributed by atoms with Crippen LogP contribution in [-0.4, -0.2) is 15.9 Å². The highest BCUT2D eigenvalue weighted by Gasteiger charge is 2.08. The van der Waals surface area contributed by atoms with Gasteiger partial charge in [0.15, 0.2) is 0 Å². The summed E-state index contributed by atoms with van der Waals surface area (Å²) in [5.74, 6) is -0.950. The molecule has 0 aliphatic carbocycles. The monoisotopic (exact) mass is 178 g/mol. The topological polar surface area (TPSA) is 37.3 Å². The van der Waals surface area contributed by atoms with Gasteiger partial charge in [-0.1, -0.05) is 22.5 Å². The molecule has 1 unspecified atom stereocenters. The zero-order chi connectivity index (χ0) is 6.73. The summed E-state index contributed by atoms with van der Waals surface area (Å²) in [6.07, 6.45) is 0. The van der Waals surface area contributed by atoms with Crippen LogP contribution in [0, 0.1) is 0 Å². The Bertz CT molecular complexity index is 118. The lowest BCUT2D eigenvalue weighted by molar-refractivity contribution is -0.132. The van der Waals surface area contributed by atoms with Crippen LogP contribution in [0.1, 0.15) is 6.92 Å². The Morgan fingerprint density at radius 3 is 2.25 bits per heavy atom. The lowest BCUT2D eigenvalue weighted by Crippen LogP contribution is -2.06. The number of halogens is 1. The molecule has 0 spiro atoms. The van der Waals surface area contributed by atoms with E-state index in [9.17, 15) is 4.79 Å². The normalized spacial score (nSPS) is 12.8. The molecule has 0 bridgehead atoms. The highest BCUT2D eigenvalue weighted by Crippen LogP contribution is 2.07. The fraction of sp³-hybridized carbons (Fsp3) is 0.400. The van der Waals surface area contributed by atoms with Crippen LogP contribution in [-0.2, 0) is 4.79 Å². The third kappa shape index (κ3) is 2.12. The molecule has 0 amide bonds. The number of alkyl halides is 1. The van der Waals surface area contributed by atoms with Crippen LogP contribution in [0.25, 0.3) is 0 Å². The van der Waals surface area contributed by atoms with E-state index < -0.39 is 5.97 Å². The van der Waals surface area contributed by atoms with Crippen molar-refractivity contribution < 1.29 is 9.90 Å². The molecule has 0 saturated heterocycles. The van der Waals surface area contributed by atoms with Crippen molar-refractivity contribution in [1.82, 2.24) is 0 Å². The second-order valence-electron chi connectivity index (χ2n) is 1.45.